The second-order valence-electron chi connectivity index (χ2n) is 3.70. The highest BCUT2D eigenvalue weighted by Gasteiger charge is 2.41. The maximum Gasteiger partial charge on any atom is 0.141 e. The van der Waals surface area contributed by atoms with Crippen LogP contribution < -0.4 is 4.74 Å². The zero-order chi connectivity index (χ0) is 10.8. The van der Waals surface area contributed by atoms with Crippen LogP contribution in [0.1, 0.15) is 12.1 Å². The Labute approximate surface area is 97.9 Å². The van der Waals surface area contributed by atoms with Gasteiger partial charge in [-0.2, -0.15) is 0 Å². The summed E-state index contributed by atoms with van der Waals surface area (Å²) in [5.41, 5.74) is 0.922. The molecule has 15 heavy (non-hydrogen) atoms. The van der Waals surface area contributed by atoms with Gasteiger partial charge in [0.2, 0.25) is 0 Å². The number of aryl methyl sites for hydroxylation is 1. The van der Waals surface area contributed by atoms with Crippen LogP contribution in [0.5, 0.6) is 5.75 Å². The number of pyridine rings is 1. The van der Waals surface area contributed by atoms with Gasteiger partial charge in [0, 0.05) is 24.6 Å². The summed E-state index contributed by atoms with van der Waals surface area (Å²) in [6, 6.07) is 3.82. The first-order chi connectivity index (χ1) is 7.22. The van der Waals surface area contributed by atoms with Crippen molar-refractivity contribution in [2.24, 2.45) is 0 Å². The van der Waals surface area contributed by atoms with Crippen molar-refractivity contribution in [3.63, 3.8) is 0 Å². The molecule has 3 nitrogen and oxygen atoms in total. The second-order valence-corrected chi connectivity index (χ2v) is 4.87. The topological polar surface area (TPSA) is 31.4 Å². The number of nitrogens with zero attached hydrogens (tertiary/aromatic N) is 1. The van der Waals surface area contributed by atoms with Crippen molar-refractivity contribution in [1.82, 2.24) is 4.98 Å². The first kappa shape index (κ1) is 10.9. The minimum atomic E-state index is 0.141. The molecule has 4 heteroatoms. The maximum atomic E-state index is 5.84. The van der Waals surface area contributed by atoms with Crippen LogP contribution >= 0.6 is 15.9 Å². The van der Waals surface area contributed by atoms with Crippen LogP contribution in [-0.2, 0) is 4.74 Å². The van der Waals surface area contributed by atoms with Crippen molar-refractivity contribution in [2.75, 3.05) is 7.11 Å². The summed E-state index contributed by atoms with van der Waals surface area (Å²) in [4.78, 5) is 4.59. The van der Waals surface area contributed by atoms with Crippen LogP contribution in [0.3, 0.4) is 0 Å². The van der Waals surface area contributed by atoms with Crippen molar-refractivity contribution >= 4 is 15.9 Å². The van der Waals surface area contributed by atoms with Crippen molar-refractivity contribution in [1.29, 1.82) is 0 Å². The van der Waals surface area contributed by atoms with Gasteiger partial charge in [-0.25, -0.2) is 0 Å². The molecule has 2 rings (SSSR count). The molecule has 0 spiro atoms. The van der Waals surface area contributed by atoms with Crippen molar-refractivity contribution in [2.45, 2.75) is 30.4 Å². The Hall–Kier alpha value is -0.610. The van der Waals surface area contributed by atoms with Gasteiger partial charge in [-0.05, 0) is 19.1 Å². The predicted molar refractivity (Wildman–Crippen MR) is 61.5 cm³/mol. The molecule has 1 fully saturated rings. The fraction of sp³-hybridized carbons (Fsp3) is 0.545. The number of aromatic nitrogens is 1. The molecule has 0 radical (unpaired) electrons. The molecule has 0 aromatic carbocycles. The van der Waals surface area contributed by atoms with Gasteiger partial charge in [-0.3, -0.25) is 4.98 Å². The van der Waals surface area contributed by atoms with E-state index in [-0.39, 0.29) is 12.2 Å². The van der Waals surface area contributed by atoms with Crippen LogP contribution in [0.25, 0.3) is 0 Å². The molecule has 1 aromatic rings. The molecule has 0 amide bonds. The molecule has 1 aromatic heterocycles. The normalized spacial score (nSPS) is 29.7. The van der Waals surface area contributed by atoms with Gasteiger partial charge < -0.3 is 9.47 Å². The zero-order valence-corrected chi connectivity index (χ0v) is 10.4. The quantitative estimate of drug-likeness (QED) is 0.791. The monoisotopic (exact) mass is 271 g/mol. The molecule has 3 unspecified atom stereocenters. The fourth-order valence-corrected chi connectivity index (χ4v) is 2.62. The van der Waals surface area contributed by atoms with Gasteiger partial charge in [-0.1, -0.05) is 15.9 Å². The van der Waals surface area contributed by atoms with Gasteiger partial charge >= 0.3 is 0 Å². The van der Waals surface area contributed by atoms with Crippen LogP contribution in [0.2, 0.25) is 0 Å². The molecule has 1 aliphatic carbocycles. The number of alkyl halides is 1. The van der Waals surface area contributed by atoms with E-state index in [1.807, 2.05) is 19.1 Å². The number of hydrogen-bond acceptors (Lipinski definition) is 3. The predicted octanol–water partition coefficient (Wildman–Crippen LogP) is 2.32. The summed E-state index contributed by atoms with van der Waals surface area (Å²) < 4.78 is 11.2. The van der Waals surface area contributed by atoms with Crippen LogP contribution in [0.15, 0.2) is 18.3 Å². The lowest BCUT2D eigenvalue weighted by Crippen LogP contribution is -2.51. The number of hydrogen-bond donors (Lipinski definition) is 0. The number of ether oxygens (including phenoxy) is 2. The molecule has 3 atom stereocenters. The molecular formula is C11H14BrNO2. The lowest BCUT2D eigenvalue weighted by Gasteiger charge is -2.40. The molecule has 82 valence electrons. The molecule has 1 aliphatic rings. The first-order valence-electron chi connectivity index (χ1n) is 4.97. The third kappa shape index (κ3) is 2.16. The zero-order valence-electron chi connectivity index (χ0n) is 8.81. The highest BCUT2D eigenvalue weighted by atomic mass is 79.9. The van der Waals surface area contributed by atoms with E-state index >= 15 is 0 Å². The molecule has 0 saturated heterocycles. The van der Waals surface area contributed by atoms with Gasteiger partial charge in [0.05, 0.1) is 5.69 Å². The Balaban J connectivity index is 2.01. The lowest BCUT2D eigenvalue weighted by molar-refractivity contribution is -0.0548. The van der Waals surface area contributed by atoms with E-state index in [0.717, 1.165) is 17.9 Å². The summed E-state index contributed by atoms with van der Waals surface area (Å²) in [5, 5.41) is 0. The largest absolute Gasteiger partial charge is 0.486 e. The van der Waals surface area contributed by atoms with Gasteiger partial charge in [0.1, 0.15) is 18.0 Å². The Morgan fingerprint density at radius 2 is 2.33 bits per heavy atom. The summed E-state index contributed by atoms with van der Waals surface area (Å²) in [6.07, 6.45) is 3.03. The SMILES string of the molecule is COC1C(Br)CC1Oc1cccnc1C. The molecule has 1 heterocycles. The van der Waals surface area contributed by atoms with Crippen molar-refractivity contribution in [3.05, 3.63) is 24.0 Å². The molecule has 0 bridgehead atoms. The number of methoxy groups -OCH3 is 1. The third-order valence-electron chi connectivity index (χ3n) is 2.69. The van der Waals surface area contributed by atoms with Crippen molar-refractivity contribution in [3.8, 4) is 5.75 Å². The summed E-state index contributed by atoms with van der Waals surface area (Å²) in [7, 11) is 1.71. The highest BCUT2D eigenvalue weighted by Crippen LogP contribution is 2.34. The first-order valence-corrected chi connectivity index (χ1v) is 5.89. The Morgan fingerprint density at radius 1 is 1.53 bits per heavy atom. The number of halogens is 1. The van der Waals surface area contributed by atoms with E-state index in [1.54, 1.807) is 13.3 Å². The maximum absolute atomic E-state index is 5.84. The number of rotatable bonds is 3. The summed E-state index contributed by atoms with van der Waals surface area (Å²) >= 11 is 3.54. The average molecular weight is 272 g/mol. The van der Waals surface area contributed by atoms with E-state index < -0.39 is 0 Å². The molecule has 1 saturated carbocycles. The smallest absolute Gasteiger partial charge is 0.141 e. The summed E-state index contributed by atoms with van der Waals surface area (Å²) in [5.74, 6) is 0.851. The minimum absolute atomic E-state index is 0.141. The van der Waals surface area contributed by atoms with Crippen LogP contribution in [0, 0.1) is 6.92 Å². The fourth-order valence-electron chi connectivity index (χ4n) is 1.70. The third-order valence-corrected chi connectivity index (χ3v) is 3.58. The van der Waals surface area contributed by atoms with E-state index in [9.17, 15) is 0 Å². The van der Waals surface area contributed by atoms with Crippen LogP contribution in [0.4, 0.5) is 0 Å². The highest BCUT2D eigenvalue weighted by molar-refractivity contribution is 9.09. The van der Waals surface area contributed by atoms with E-state index in [2.05, 4.69) is 20.9 Å². The second kappa shape index (κ2) is 4.49. The standard InChI is InChI=1S/C11H14BrNO2/c1-7-9(4-3-5-13-7)15-10-6-8(12)11(10)14-2/h3-5,8,10-11H,6H2,1-2H3. The van der Waals surface area contributed by atoms with Gasteiger partial charge in [0.25, 0.3) is 0 Å². The molecule has 0 N–H and O–H groups in total. The molecule has 0 aliphatic heterocycles. The van der Waals surface area contributed by atoms with E-state index in [4.69, 9.17) is 9.47 Å². The Kier molecular flexibility index (Phi) is 3.26. The minimum Gasteiger partial charge on any atom is -0.486 e. The lowest BCUT2D eigenvalue weighted by atomic mass is 9.91. The summed E-state index contributed by atoms with van der Waals surface area (Å²) in [6.45, 7) is 1.95. The van der Waals surface area contributed by atoms with E-state index in [0.29, 0.717) is 4.83 Å². The molecular weight excluding hydrogens is 258 g/mol. The Bertz CT molecular complexity index is 345. The van der Waals surface area contributed by atoms with Crippen LogP contribution in [-0.4, -0.2) is 29.1 Å². The van der Waals surface area contributed by atoms with Gasteiger partial charge in [0.15, 0.2) is 0 Å². The van der Waals surface area contributed by atoms with Crippen molar-refractivity contribution < 1.29 is 9.47 Å². The van der Waals surface area contributed by atoms with Gasteiger partial charge in [-0.15, -0.1) is 0 Å². The van der Waals surface area contributed by atoms with E-state index in [1.165, 1.54) is 0 Å². The average Bonchev–Trinajstić information content (AvgIpc) is 2.20. The Morgan fingerprint density at radius 3 is 2.93 bits per heavy atom.